The Balaban J connectivity index is 1.18. The molecule has 1 heterocycles. The first-order valence-electron chi connectivity index (χ1n) is 9.87. The molecule has 0 aromatic heterocycles. The Kier molecular flexibility index (Phi) is 5.40. The van der Waals surface area contributed by atoms with Gasteiger partial charge in [0.2, 0.25) is 0 Å². The van der Waals surface area contributed by atoms with Gasteiger partial charge in [0, 0.05) is 6.04 Å². The van der Waals surface area contributed by atoms with Crippen LogP contribution in [0.5, 0.6) is 0 Å². The summed E-state index contributed by atoms with van der Waals surface area (Å²) in [5, 5.41) is 10.5. The molecule has 138 valence electrons. The van der Waals surface area contributed by atoms with Gasteiger partial charge in [-0.15, -0.1) is 0 Å². The summed E-state index contributed by atoms with van der Waals surface area (Å²) in [7, 11) is 0. The fraction of sp³-hybridized carbons (Fsp3) is 0.455. The highest BCUT2D eigenvalue weighted by atomic mass is 19.1. The van der Waals surface area contributed by atoms with E-state index in [1.165, 1.54) is 48.2 Å². The molecule has 3 nitrogen and oxygen atoms in total. The highest BCUT2D eigenvalue weighted by Crippen LogP contribution is 2.36. The van der Waals surface area contributed by atoms with Crippen molar-refractivity contribution in [2.24, 2.45) is 0 Å². The molecule has 0 spiro atoms. The minimum Gasteiger partial charge on any atom is -0.366 e. The third kappa shape index (κ3) is 4.18. The summed E-state index contributed by atoms with van der Waals surface area (Å²) < 4.78 is 12.9. The third-order valence-electron chi connectivity index (χ3n) is 5.79. The highest BCUT2D eigenvalue weighted by Gasteiger charge is 2.23. The van der Waals surface area contributed by atoms with Crippen LogP contribution in [0.25, 0.3) is 0 Å². The van der Waals surface area contributed by atoms with E-state index in [2.05, 4.69) is 34.1 Å². The average Bonchev–Trinajstić information content (AvgIpc) is 3.15. The van der Waals surface area contributed by atoms with Gasteiger partial charge in [0.1, 0.15) is 5.82 Å². The molecule has 4 heteroatoms. The molecule has 0 unspecified atom stereocenters. The van der Waals surface area contributed by atoms with Gasteiger partial charge in [-0.2, -0.15) is 0 Å². The van der Waals surface area contributed by atoms with E-state index in [1.807, 2.05) is 12.1 Å². The second-order valence-corrected chi connectivity index (χ2v) is 7.57. The lowest BCUT2D eigenvalue weighted by Crippen LogP contribution is -2.33. The van der Waals surface area contributed by atoms with Gasteiger partial charge in [-0.1, -0.05) is 18.2 Å². The van der Waals surface area contributed by atoms with Crippen LogP contribution < -0.4 is 16.0 Å². The van der Waals surface area contributed by atoms with Crippen LogP contribution in [-0.4, -0.2) is 19.3 Å². The van der Waals surface area contributed by atoms with Crippen molar-refractivity contribution < 1.29 is 4.39 Å². The van der Waals surface area contributed by atoms with Crippen molar-refractivity contribution in [2.45, 2.75) is 50.5 Å². The molecule has 1 fully saturated rings. The predicted molar refractivity (Wildman–Crippen MR) is 106 cm³/mol. The Morgan fingerprint density at radius 2 is 1.69 bits per heavy atom. The van der Waals surface area contributed by atoms with Crippen molar-refractivity contribution >= 4 is 11.4 Å². The van der Waals surface area contributed by atoms with Gasteiger partial charge in [0.05, 0.1) is 18.0 Å². The predicted octanol–water partition coefficient (Wildman–Crippen LogP) is 4.87. The minimum absolute atomic E-state index is 0.154. The number of hydrogen-bond donors (Lipinski definition) is 3. The van der Waals surface area contributed by atoms with E-state index < -0.39 is 0 Å². The Morgan fingerprint density at radius 3 is 2.50 bits per heavy atom. The second kappa shape index (κ2) is 8.09. The standard InChI is InChI=1S/C22H28FN3/c23-19-8-3-16(4-9-19)2-1-13-24-20-10-5-17(6-11-20)18-7-12-21-22(14-18)26-15-25-21/h3-4,7-9,12,14,17,20,24-26H,1-2,5-6,10-11,13,15H2. The summed E-state index contributed by atoms with van der Waals surface area (Å²) >= 11 is 0. The molecule has 26 heavy (non-hydrogen) atoms. The summed E-state index contributed by atoms with van der Waals surface area (Å²) in [5.74, 6) is 0.541. The monoisotopic (exact) mass is 353 g/mol. The molecule has 2 aromatic rings. The molecule has 0 amide bonds. The van der Waals surface area contributed by atoms with Gasteiger partial charge in [0.15, 0.2) is 0 Å². The van der Waals surface area contributed by atoms with Crippen LogP contribution in [0, 0.1) is 5.82 Å². The zero-order valence-electron chi connectivity index (χ0n) is 15.2. The minimum atomic E-state index is -0.154. The van der Waals surface area contributed by atoms with Gasteiger partial charge < -0.3 is 16.0 Å². The maximum atomic E-state index is 12.9. The first kappa shape index (κ1) is 17.3. The van der Waals surface area contributed by atoms with Crippen LogP contribution >= 0.6 is 0 Å². The normalized spacial score (nSPS) is 21.7. The maximum Gasteiger partial charge on any atom is 0.123 e. The summed E-state index contributed by atoms with van der Waals surface area (Å²) in [4.78, 5) is 0. The molecule has 0 saturated heterocycles. The van der Waals surface area contributed by atoms with Gasteiger partial charge in [-0.05, 0) is 86.4 Å². The number of anilines is 2. The zero-order chi connectivity index (χ0) is 17.8. The van der Waals surface area contributed by atoms with Crippen LogP contribution in [0.4, 0.5) is 15.8 Å². The summed E-state index contributed by atoms with van der Waals surface area (Å²) in [6.45, 7) is 1.88. The fourth-order valence-corrected chi connectivity index (χ4v) is 4.23. The average molecular weight is 353 g/mol. The van der Waals surface area contributed by atoms with E-state index in [0.717, 1.165) is 26.1 Å². The first-order chi connectivity index (χ1) is 12.8. The first-order valence-corrected chi connectivity index (χ1v) is 9.87. The van der Waals surface area contributed by atoms with Gasteiger partial charge >= 0.3 is 0 Å². The van der Waals surface area contributed by atoms with Crippen molar-refractivity contribution in [3.63, 3.8) is 0 Å². The molecule has 1 saturated carbocycles. The van der Waals surface area contributed by atoms with Crippen molar-refractivity contribution in [3.05, 3.63) is 59.4 Å². The second-order valence-electron chi connectivity index (χ2n) is 7.57. The van der Waals surface area contributed by atoms with E-state index in [4.69, 9.17) is 0 Å². The molecule has 0 atom stereocenters. The van der Waals surface area contributed by atoms with Crippen LogP contribution in [0.2, 0.25) is 0 Å². The Bertz CT molecular complexity index is 721. The maximum absolute atomic E-state index is 12.9. The molecular weight excluding hydrogens is 325 g/mol. The number of benzene rings is 2. The van der Waals surface area contributed by atoms with Crippen molar-refractivity contribution in [1.29, 1.82) is 0 Å². The largest absolute Gasteiger partial charge is 0.366 e. The lowest BCUT2D eigenvalue weighted by molar-refractivity contribution is 0.342. The Morgan fingerprint density at radius 1 is 0.923 bits per heavy atom. The van der Waals surface area contributed by atoms with E-state index >= 15 is 0 Å². The summed E-state index contributed by atoms with van der Waals surface area (Å²) in [5.41, 5.74) is 5.18. The van der Waals surface area contributed by atoms with Crippen LogP contribution in [-0.2, 0) is 6.42 Å². The number of hydrogen-bond acceptors (Lipinski definition) is 3. The molecule has 1 aliphatic carbocycles. The topological polar surface area (TPSA) is 36.1 Å². The number of nitrogens with one attached hydrogen (secondary N) is 3. The molecule has 0 radical (unpaired) electrons. The molecule has 3 N–H and O–H groups in total. The van der Waals surface area contributed by atoms with Gasteiger partial charge in [-0.3, -0.25) is 0 Å². The molecule has 1 aliphatic heterocycles. The molecule has 0 bridgehead atoms. The van der Waals surface area contributed by atoms with Crippen LogP contribution in [0.1, 0.15) is 49.1 Å². The summed E-state index contributed by atoms with van der Waals surface area (Å²) in [6, 6.07) is 14.4. The third-order valence-corrected chi connectivity index (χ3v) is 5.79. The van der Waals surface area contributed by atoms with Gasteiger partial charge in [0.25, 0.3) is 0 Å². The fourth-order valence-electron chi connectivity index (χ4n) is 4.23. The Hall–Kier alpha value is -2.07. The van der Waals surface area contributed by atoms with Crippen molar-refractivity contribution in [1.82, 2.24) is 5.32 Å². The molecule has 2 aromatic carbocycles. The smallest absolute Gasteiger partial charge is 0.123 e. The van der Waals surface area contributed by atoms with Gasteiger partial charge in [-0.25, -0.2) is 4.39 Å². The lowest BCUT2D eigenvalue weighted by Gasteiger charge is -2.29. The van der Waals surface area contributed by atoms with E-state index in [0.29, 0.717) is 12.0 Å². The van der Waals surface area contributed by atoms with E-state index in [9.17, 15) is 4.39 Å². The number of halogens is 1. The molecular formula is C22H28FN3. The van der Waals surface area contributed by atoms with E-state index in [1.54, 1.807) is 12.1 Å². The number of fused-ring (bicyclic) bond motifs is 1. The highest BCUT2D eigenvalue weighted by molar-refractivity contribution is 5.74. The zero-order valence-corrected chi connectivity index (χ0v) is 15.2. The number of aryl methyl sites for hydroxylation is 1. The molecule has 2 aliphatic rings. The van der Waals surface area contributed by atoms with Crippen molar-refractivity contribution in [2.75, 3.05) is 23.8 Å². The quantitative estimate of drug-likeness (QED) is 0.649. The Labute approximate surface area is 155 Å². The SMILES string of the molecule is Fc1ccc(CCCNC2CCC(c3ccc4c(c3)NCN4)CC2)cc1. The summed E-state index contributed by atoms with van der Waals surface area (Å²) in [6.07, 6.45) is 7.16. The van der Waals surface area contributed by atoms with E-state index in [-0.39, 0.29) is 5.82 Å². The lowest BCUT2D eigenvalue weighted by atomic mass is 9.81. The van der Waals surface area contributed by atoms with Crippen molar-refractivity contribution in [3.8, 4) is 0 Å². The van der Waals surface area contributed by atoms with Crippen LogP contribution in [0.3, 0.4) is 0 Å². The molecule has 4 rings (SSSR count). The van der Waals surface area contributed by atoms with Crippen LogP contribution in [0.15, 0.2) is 42.5 Å². The number of rotatable bonds is 6.